The molecule has 0 bridgehead atoms. The van der Waals surface area contributed by atoms with Gasteiger partial charge in [0.05, 0.1) is 31.4 Å². The predicted molar refractivity (Wildman–Crippen MR) is 62.7 cm³/mol. The summed E-state index contributed by atoms with van der Waals surface area (Å²) in [4.78, 5) is 6.17. The second-order valence-electron chi connectivity index (χ2n) is 3.61. The molecule has 78 valence electrons. The van der Waals surface area contributed by atoms with Crippen LogP contribution >= 0.6 is 0 Å². The van der Waals surface area contributed by atoms with Crippen molar-refractivity contribution in [1.29, 1.82) is 0 Å². The fourth-order valence-electron chi connectivity index (χ4n) is 1.60. The van der Waals surface area contributed by atoms with E-state index in [1.807, 2.05) is 24.0 Å². The van der Waals surface area contributed by atoms with Gasteiger partial charge >= 0.3 is 0 Å². The molecule has 0 fully saturated rings. The second kappa shape index (κ2) is 3.77. The van der Waals surface area contributed by atoms with Gasteiger partial charge in [0.2, 0.25) is 0 Å². The molecule has 1 heterocycles. The molecule has 0 unspecified atom stereocenters. The number of ether oxygens (including phenoxy) is 1. The van der Waals surface area contributed by atoms with Gasteiger partial charge in [0.15, 0.2) is 0 Å². The second-order valence-corrected chi connectivity index (χ2v) is 3.61. The number of aryl methyl sites for hydroxylation is 1. The van der Waals surface area contributed by atoms with Gasteiger partial charge in [-0.25, -0.2) is 4.99 Å². The van der Waals surface area contributed by atoms with Crippen molar-refractivity contribution >= 4 is 12.0 Å². The molecule has 0 radical (unpaired) electrons. The average molecular weight is 202 g/mol. The largest absolute Gasteiger partial charge is 0.495 e. The maximum Gasteiger partial charge on any atom is 0.142 e. The Balaban J connectivity index is 2.35. The Labute approximate surface area is 89.7 Å². The van der Waals surface area contributed by atoms with Crippen molar-refractivity contribution < 1.29 is 4.74 Å². The van der Waals surface area contributed by atoms with Crippen LogP contribution in [0.4, 0.5) is 5.69 Å². The zero-order valence-corrected chi connectivity index (χ0v) is 9.03. The molecular weight excluding hydrogens is 188 g/mol. The maximum absolute atomic E-state index is 5.34. The number of rotatable bonds is 2. The standard InChI is InChI=1S/C12H14N2O/c1-9-4-5-11(12(6-9)15-3)14-7-10(2)13-8-14/h4-6,8H,2,7H2,1,3H3. The van der Waals surface area contributed by atoms with Crippen LogP contribution in [0.2, 0.25) is 0 Å². The summed E-state index contributed by atoms with van der Waals surface area (Å²) in [6, 6.07) is 6.12. The molecule has 15 heavy (non-hydrogen) atoms. The molecule has 1 aromatic carbocycles. The van der Waals surface area contributed by atoms with Crippen LogP contribution < -0.4 is 9.64 Å². The lowest BCUT2D eigenvalue weighted by Gasteiger charge is -2.17. The molecule has 0 N–H and O–H groups in total. The summed E-state index contributed by atoms with van der Waals surface area (Å²) in [5.41, 5.74) is 3.09. The van der Waals surface area contributed by atoms with Crippen LogP contribution in [0.15, 0.2) is 35.5 Å². The lowest BCUT2D eigenvalue weighted by molar-refractivity contribution is 0.415. The zero-order chi connectivity index (χ0) is 10.8. The zero-order valence-electron chi connectivity index (χ0n) is 9.03. The summed E-state index contributed by atoms with van der Waals surface area (Å²) in [6.07, 6.45) is 1.79. The summed E-state index contributed by atoms with van der Waals surface area (Å²) >= 11 is 0. The fourth-order valence-corrected chi connectivity index (χ4v) is 1.60. The molecule has 0 aliphatic carbocycles. The van der Waals surface area contributed by atoms with E-state index in [-0.39, 0.29) is 0 Å². The van der Waals surface area contributed by atoms with E-state index in [1.54, 1.807) is 13.4 Å². The number of hydrogen-bond acceptors (Lipinski definition) is 3. The van der Waals surface area contributed by atoms with Gasteiger partial charge in [-0.05, 0) is 24.6 Å². The van der Waals surface area contributed by atoms with Crippen LogP contribution in [-0.2, 0) is 0 Å². The van der Waals surface area contributed by atoms with Crippen LogP contribution in [0.1, 0.15) is 5.56 Å². The van der Waals surface area contributed by atoms with Gasteiger partial charge in [0.1, 0.15) is 5.75 Å². The highest BCUT2D eigenvalue weighted by Crippen LogP contribution is 2.30. The van der Waals surface area contributed by atoms with Gasteiger partial charge < -0.3 is 9.64 Å². The number of aliphatic imine (C=N–C) groups is 1. The Kier molecular flexibility index (Phi) is 2.46. The minimum absolute atomic E-state index is 0.736. The van der Waals surface area contributed by atoms with E-state index in [4.69, 9.17) is 4.74 Å². The van der Waals surface area contributed by atoms with Crippen LogP contribution in [0.5, 0.6) is 5.75 Å². The molecule has 1 aliphatic heterocycles. The first-order valence-corrected chi connectivity index (χ1v) is 4.84. The van der Waals surface area contributed by atoms with Crippen molar-refractivity contribution in [3.05, 3.63) is 36.0 Å². The molecule has 1 aromatic rings. The summed E-state index contributed by atoms with van der Waals surface area (Å²) in [6.45, 7) is 6.60. The van der Waals surface area contributed by atoms with E-state index in [0.717, 1.165) is 23.7 Å². The topological polar surface area (TPSA) is 24.8 Å². The first-order chi connectivity index (χ1) is 7.20. The fraction of sp³-hybridized carbons (Fsp3) is 0.250. The van der Waals surface area contributed by atoms with Gasteiger partial charge in [-0.1, -0.05) is 12.6 Å². The van der Waals surface area contributed by atoms with Crippen LogP contribution in [0.3, 0.4) is 0 Å². The third kappa shape index (κ3) is 1.86. The normalized spacial score (nSPS) is 14.8. The van der Waals surface area contributed by atoms with Crippen molar-refractivity contribution in [3.63, 3.8) is 0 Å². The predicted octanol–water partition coefficient (Wildman–Crippen LogP) is 2.37. The van der Waals surface area contributed by atoms with Crippen molar-refractivity contribution in [2.24, 2.45) is 4.99 Å². The molecule has 0 aromatic heterocycles. The summed E-state index contributed by atoms with van der Waals surface area (Å²) in [5, 5.41) is 0. The van der Waals surface area contributed by atoms with Crippen molar-refractivity contribution in [3.8, 4) is 5.75 Å². The van der Waals surface area contributed by atoms with Crippen molar-refractivity contribution in [1.82, 2.24) is 0 Å². The maximum atomic E-state index is 5.34. The van der Waals surface area contributed by atoms with Crippen LogP contribution in [0, 0.1) is 6.92 Å². The minimum Gasteiger partial charge on any atom is -0.495 e. The lowest BCUT2D eigenvalue weighted by Crippen LogP contribution is -2.18. The molecule has 0 spiro atoms. The van der Waals surface area contributed by atoms with Gasteiger partial charge in [-0.3, -0.25) is 0 Å². The van der Waals surface area contributed by atoms with Gasteiger partial charge in [-0.2, -0.15) is 0 Å². The molecule has 0 saturated heterocycles. The third-order valence-corrected chi connectivity index (χ3v) is 2.38. The van der Waals surface area contributed by atoms with Crippen molar-refractivity contribution in [2.75, 3.05) is 18.6 Å². The Bertz CT molecular complexity index is 424. The highest BCUT2D eigenvalue weighted by atomic mass is 16.5. The molecule has 3 nitrogen and oxygen atoms in total. The quantitative estimate of drug-likeness (QED) is 0.735. The number of anilines is 1. The lowest BCUT2D eigenvalue weighted by atomic mass is 10.2. The Morgan fingerprint density at radius 3 is 2.87 bits per heavy atom. The van der Waals surface area contributed by atoms with Crippen LogP contribution in [-0.4, -0.2) is 20.0 Å². The van der Waals surface area contributed by atoms with Gasteiger partial charge in [-0.15, -0.1) is 0 Å². The molecule has 0 saturated carbocycles. The Morgan fingerprint density at radius 1 is 1.47 bits per heavy atom. The average Bonchev–Trinajstić information content (AvgIpc) is 2.64. The molecule has 3 heteroatoms. The first kappa shape index (κ1) is 9.77. The molecule has 0 atom stereocenters. The van der Waals surface area contributed by atoms with E-state index in [1.165, 1.54) is 5.56 Å². The minimum atomic E-state index is 0.736. The highest BCUT2D eigenvalue weighted by Gasteiger charge is 2.15. The molecule has 0 amide bonds. The molecule has 1 aliphatic rings. The van der Waals surface area contributed by atoms with E-state index in [2.05, 4.69) is 17.6 Å². The van der Waals surface area contributed by atoms with Crippen LogP contribution in [0.25, 0.3) is 0 Å². The molecular formula is C12H14N2O. The van der Waals surface area contributed by atoms with E-state index in [0.29, 0.717) is 0 Å². The van der Waals surface area contributed by atoms with E-state index in [9.17, 15) is 0 Å². The van der Waals surface area contributed by atoms with Gasteiger partial charge in [0, 0.05) is 0 Å². The SMILES string of the molecule is C=C1CN(c2ccc(C)cc2OC)C=N1. The first-order valence-electron chi connectivity index (χ1n) is 4.84. The summed E-state index contributed by atoms with van der Waals surface area (Å²) in [7, 11) is 1.68. The smallest absolute Gasteiger partial charge is 0.142 e. The Hall–Kier alpha value is -1.77. The highest BCUT2D eigenvalue weighted by molar-refractivity contribution is 5.85. The number of nitrogens with zero attached hydrogens (tertiary/aromatic N) is 2. The monoisotopic (exact) mass is 202 g/mol. The number of methoxy groups -OCH3 is 1. The van der Waals surface area contributed by atoms with Gasteiger partial charge in [0.25, 0.3) is 0 Å². The van der Waals surface area contributed by atoms with E-state index < -0.39 is 0 Å². The summed E-state index contributed by atoms with van der Waals surface area (Å²) in [5.74, 6) is 0.871. The van der Waals surface area contributed by atoms with E-state index >= 15 is 0 Å². The third-order valence-electron chi connectivity index (χ3n) is 2.38. The Morgan fingerprint density at radius 2 is 2.27 bits per heavy atom. The summed E-state index contributed by atoms with van der Waals surface area (Å²) < 4.78 is 5.34. The molecule has 2 rings (SSSR count). The number of benzene rings is 1. The van der Waals surface area contributed by atoms with Crippen molar-refractivity contribution in [2.45, 2.75) is 6.92 Å². The number of hydrogen-bond donors (Lipinski definition) is 0.